The number of aromatic nitrogens is 2. The van der Waals surface area contributed by atoms with E-state index in [1.54, 1.807) is 0 Å². The minimum Gasteiger partial charge on any atom is -0.354 e. The molecule has 0 aliphatic rings. The molecule has 3 aromatic rings. The van der Waals surface area contributed by atoms with Gasteiger partial charge in [-0.25, -0.2) is 17.6 Å². The SMILES string of the molecule is Cc1noc(C(F)F)c1C(=O)Nc1cccc(NC(=O)c2c(C)noc2C(F)F)c1. The Morgan fingerprint density at radius 3 is 1.60 bits per heavy atom. The summed E-state index contributed by atoms with van der Waals surface area (Å²) in [5.41, 5.74) is -0.545. The van der Waals surface area contributed by atoms with Crippen molar-refractivity contribution >= 4 is 23.2 Å². The molecule has 2 aromatic heterocycles. The zero-order valence-electron chi connectivity index (χ0n) is 15.5. The first kappa shape index (κ1) is 21.0. The van der Waals surface area contributed by atoms with Crippen LogP contribution in [-0.2, 0) is 0 Å². The Bertz CT molecular complexity index is 1010. The van der Waals surface area contributed by atoms with Crippen LogP contribution in [0.1, 0.15) is 56.5 Å². The molecule has 12 heteroatoms. The van der Waals surface area contributed by atoms with E-state index in [0.717, 1.165) is 0 Å². The van der Waals surface area contributed by atoms with E-state index in [-0.39, 0.29) is 22.8 Å². The van der Waals surface area contributed by atoms with E-state index in [9.17, 15) is 27.2 Å². The monoisotopic (exact) mass is 426 g/mol. The van der Waals surface area contributed by atoms with Gasteiger partial charge in [-0.1, -0.05) is 16.4 Å². The van der Waals surface area contributed by atoms with Crippen molar-refractivity contribution < 1.29 is 36.2 Å². The summed E-state index contributed by atoms with van der Waals surface area (Å²) in [7, 11) is 0. The van der Waals surface area contributed by atoms with Crippen molar-refractivity contribution in [3.8, 4) is 0 Å². The number of carbonyl (C=O) groups is 2. The number of benzene rings is 1. The van der Waals surface area contributed by atoms with Crippen LogP contribution in [0, 0.1) is 13.8 Å². The smallest absolute Gasteiger partial charge is 0.298 e. The van der Waals surface area contributed by atoms with Gasteiger partial charge in [-0.3, -0.25) is 9.59 Å². The quantitative estimate of drug-likeness (QED) is 0.555. The zero-order chi connectivity index (χ0) is 22.0. The second-order valence-electron chi connectivity index (χ2n) is 6.10. The third-order valence-corrected chi connectivity index (χ3v) is 4.01. The van der Waals surface area contributed by atoms with Crippen molar-refractivity contribution in [3.05, 3.63) is 58.3 Å². The summed E-state index contributed by atoms with van der Waals surface area (Å²) in [5, 5.41) is 11.5. The van der Waals surface area contributed by atoms with Crippen LogP contribution in [0.3, 0.4) is 0 Å². The maximum Gasteiger partial charge on any atom is 0.298 e. The lowest BCUT2D eigenvalue weighted by molar-refractivity contribution is 0.0964. The van der Waals surface area contributed by atoms with Gasteiger partial charge in [-0.15, -0.1) is 0 Å². The Hall–Kier alpha value is -3.70. The number of carbonyl (C=O) groups excluding carboxylic acids is 2. The fraction of sp³-hybridized carbons (Fsp3) is 0.222. The number of alkyl halides is 4. The molecule has 158 valence electrons. The van der Waals surface area contributed by atoms with Gasteiger partial charge in [0.25, 0.3) is 24.7 Å². The second kappa shape index (κ2) is 8.35. The maximum absolute atomic E-state index is 13.0. The third kappa shape index (κ3) is 4.16. The highest BCUT2D eigenvalue weighted by atomic mass is 19.3. The van der Waals surface area contributed by atoms with Crippen molar-refractivity contribution in [2.24, 2.45) is 0 Å². The van der Waals surface area contributed by atoms with E-state index in [0.29, 0.717) is 0 Å². The largest absolute Gasteiger partial charge is 0.354 e. The molecule has 2 N–H and O–H groups in total. The number of hydrogen-bond donors (Lipinski definition) is 2. The lowest BCUT2D eigenvalue weighted by atomic mass is 10.1. The Morgan fingerprint density at radius 2 is 1.23 bits per heavy atom. The van der Waals surface area contributed by atoms with Crippen molar-refractivity contribution in [3.63, 3.8) is 0 Å². The summed E-state index contributed by atoms with van der Waals surface area (Å²) in [6.45, 7) is 2.67. The van der Waals surface area contributed by atoms with Gasteiger partial charge >= 0.3 is 0 Å². The summed E-state index contributed by atoms with van der Waals surface area (Å²) in [6.07, 6.45) is -6.07. The summed E-state index contributed by atoms with van der Waals surface area (Å²) < 4.78 is 60.9. The van der Waals surface area contributed by atoms with Crippen LogP contribution in [0.15, 0.2) is 33.3 Å². The number of hydrogen-bond acceptors (Lipinski definition) is 6. The molecule has 1 aromatic carbocycles. The molecule has 0 saturated heterocycles. The minimum atomic E-state index is -3.03. The highest BCUT2D eigenvalue weighted by Gasteiger charge is 2.28. The number of rotatable bonds is 6. The Labute approximate surface area is 166 Å². The molecular weight excluding hydrogens is 412 g/mol. The Balaban J connectivity index is 1.79. The van der Waals surface area contributed by atoms with Gasteiger partial charge in [0.1, 0.15) is 11.1 Å². The molecule has 2 heterocycles. The summed E-state index contributed by atoms with van der Waals surface area (Å²) >= 11 is 0. The molecule has 2 amide bonds. The average Bonchev–Trinajstić information content (AvgIpc) is 3.25. The van der Waals surface area contributed by atoms with Crippen LogP contribution in [-0.4, -0.2) is 22.1 Å². The number of aryl methyl sites for hydroxylation is 2. The fourth-order valence-corrected chi connectivity index (χ4v) is 2.69. The van der Waals surface area contributed by atoms with Crippen LogP contribution < -0.4 is 10.6 Å². The second-order valence-corrected chi connectivity index (χ2v) is 6.10. The molecule has 0 spiro atoms. The molecule has 8 nitrogen and oxygen atoms in total. The van der Waals surface area contributed by atoms with Gasteiger partial charge in [0.15, 0.2) is 0 Å². The van der Waals surface area contributed by atoms with Crippen LogP contribution in [0.2, 0.25) is 0 Å². The van der Waals surface area contributed by atoms with E-state index in [1.807, 2.05) is 0 Å². The number of nitrogens with one attached hydrogen (secondary N) is 2. The first-order valence-corrected chi connectivity index (χ1v) is 8.40. The van der Waals surface area contributed by atoms with Gasteiger partial charge in [-0.2, -0.15) is 0 Å². The molecule has 30 heavy (non-hydrogen) atoms. The molecule has 0 saturated carbocycles. The number of halogens is 4. The highest BCUT2D eigenvalue weighted by molar-refractivity contribution is 6.07. The predicted molar refractivity (Wildman–Crippen MR) is 94.7 cm³/mol. The van der Waals surface area contributed by atoms with Crippen LogP contribution in [0.5, 0.6) is 0 Å². The molecule has 3 rings (SSSR count). The van der Waals surface area contributed by atoms with Crippen molar-refractivity contribution in [1.29, 1.82) is 0 Å². The fourth-order valence-electron chi connectivity index (χ4n) is 2.69. The van der Waals surface area contributed by atoms with E-state index in [1.165, 1.54) is 38.1 Å². The van der Waals surface area contributed by atoms with E-state index >= 15 is 0 Å². The molecule has 0 radical (unpaired) electrons. The lowest BCUT2D eigenvalue weighted by Gasteiger charge is -2.09. The van der Waals surface area contributed by atoms with Gasteiger partial charge in [-0.05, 0) is 32.0 Å². The topological polar surface area (TPSA) is 110 Å². The van der Waals surface area contributed by atoms with Crippen molar-refractivity contribution in [2.75, 3.05) is 10.6 Å². The number of nitrogens with zero attached hydrogens (tertiary/aromatic N) is 2. The molecular formula is C18H14F4N4O4. The highest BCUT2D eigenvalue weighted by Crippen LogP contribution is 2.28. The Morgan fingerprint density at radius 1 is 0.833 bits per heavy atom. The molecule has 0 atom stereocenters. The molecule has 0 aliphatic heterocycles. The van der Waals surface area contributed by atoms with Gasteiger partial charge in [0.2, 0.25) is 11.5 Å². The number of anilines is 2. The zero-order valence-corrected chi connectivity index (χ0v) is 15.5. The molecule has 0 aliphatic carbocycles. The summed E-state index contributed by atoms with van der Waals surface area (Å²) in [6, 6.07) is 5.64. The maximum atomic E-state index is 13.0. The van der Waals surface area contributed by atoms with E-state index in [4.69, 9.17) is 0 Å². The Kier molecular flexibility index (Phi) is 5.85. The molecule has 0 unspecified atom stereocenters. The van der Waals surface area contributed by atoms with Gasteiger partial charge in [0, 0.05) is 11.4 Å². The normalized spacial score (nSPS) is 11.2. The predicted octanol–water partition coefficient (Wildman–Crippen LogP) is 4.66. The van der Waals surface area contributed by atoms with Crippen molar-refractivity contribution in [2.45, 2.75) is 26.7 Å². The van der Waals surface area contributed by atoms with E-state index in [2.05, 4.69) is 30.0 Å². The van der Waals surface area contributed by atoms with Crippen molar-refractivity contribution in [1.82, 2.24) is 10.3 Å². The van der Waals surface area contributed by atoms with Gasteiger partial charge in [0.05, 0.1) is 11.4 Å². The van der Waals surface area contributed by atoms with Gasteiger partial charge < -0.3 is 19.7 Å². The molecule has 0 fully saturated rings. The first-order valence-electron chi connectivity index (χ1n) is 8.40. The van der Waals surface area contributed by atoms with E-state index < -0.39 is 47.3 Å². The van der Waals surface area contributed by atoms with Crippen LogP contribution in [0.25, 0.3) is 0 Å². The van der Waals surface area contributed by atoms with Crippen LogP contribution in [0.4, 0.5) is 28.9 Å². The lowest BCUT2D eigenvalue weighted by Crippen LogP contribution is -2.16. The minimum absolute atomic E-state index is 0.0188. The first-order chi connectivity index (χ1) is 14.2. The standard InChI is InChI=1S/C18H14F4N4O4/c1-7-11(13(15(19)20)29-25-7)17(27)23-9-4-3-5-10(6-9)24-18(28)12-8(2)26-30-14(12)16(21)22/h3-6,15-16H,1-2H3,(H,23,27)(H,24,28). The third-order valence-electron chi connectivity index (χ3n) is 4.01. The summed E-state index contributed by atoms with van der Waals surface area (Å²) in [5.74, 6) is -3.50. The number of amides is 2. The molecule has 0 bridgehead atoms. The van der Waals surface area contributed by atoms with Crippen LogP contribution >= 0.6 is 0 Å². The average molecular weight is 426 g/mol. The summed E-state index contributed by atoms with van der Waals surface area (Å²) in [4.78, 5) is 24.7.